The van der Waals surface area contributed by atoms with E-state index in [9.17, 15) is 9.59 Å². The Bertz CT molecular complexity index is 668. The molecule has 1 saturated heterocycles. The van der Waals surface area contributed by atoms with E-state index in [1.54, 1.807) is 17.0 Å². The van der Waals surface area contributed by atoms with Gasteiger partial charge in [0.25, 0.3) is 5.91 Å². The molecule has 1 atom stereocenters. The highest BCUT2D eigenvalue weighted by Gasteiger charge is 2.29. The number of hydrogen-bond donors (Lipinski definition) is 2. The number of halogens is 1. The molecule has 8 heteroatoms. The number of amides is 2. The molecule has 0 aliphatic carbocycles. The van der Waals surface area contributed by atoms with E-state index in [0.29, 0.717) is 48.1 Å². The Morgan fingerprint density at radius 2 is 2.16 bits per heavy atom. The number of nitrogens with two attached hydrogens (primary N) is 1. The first kappa shape index (κ1) is 17.8. The van der Waals surface area contributed by atoms with E-state index in [4.69, 9.17) is 26.8 Å². The molecule has 2 aliphatic rings. The number of hydrogen-bond acceptors (Lipinski definition) is 5. The molecular formula is C17H22ClN3O4. The van der Waals surface area contributed by atoms with Crippen molar-refractivity contribution in [2.24, 2.45) is 5.73 Å². The third-order valence-corrected chi connectivity index (χ3v) is 4.75. The Labute approximate surface area is 151 Å². The van der Waals surface area contributed by atoms with E-state index >= 15 is 0 Å². The molecule has 0 spiro atoms. The third kappa shape index (κ3) is 3.99. The molecule has 0 aromatic heterocycles. The second-order valence-corrected chi connectivity index (χ2v) is 6.59. The normalized spacial score (nSPS) is 19.0. The first-order chi connectivity index (χ1) is 12.1. The molecule has 2 aliphatic heterocycles. The topological polar surface area (TPSA) is 93.9 Å². The van der Waals surface area contributed by atoms with E-state index < -0.39 is 0 Å². The summed E-state index contributed by atoms with van der Waals surface area (Å²) >= 11 is 6.19. The summed E-state index contributed by atoms with van der Waals surface area (Å²) < 4.78 is 10.6. The predicted octanol–water partition coefficient (Wildman–Crippen LogP) is 1.53. The van der Waals surface area contributed by atoms with E-state index in [2.05, 4.69) is 5.32 Å². The molecule has 1 unspecified atom stereocenters. The number of fused-ring (bicyclic) bond motifs is 1. The van der Waals surface area contributed by atoms with Crippen molar-refractivity contribution in [3.05, 3.63) is 22.7 Å². The zero-order valence-electron chi connectivity index (χ0n) is 13.9. The number of nitrogens with zero attached hydrogens (tertiary/aromatic N) is 1. The average Bonchev–Trinajstić information content (AvgIpc) is 3.09. The van der Waals surface area contributed by atoms with Gasteiger partial charge < -0.3 is 25.4 Å². The van der Waals surface area contributed by atoms with Crippen LogP contribution in [0.2, 0.25) is 5.02 Å². The number of nitrogens with one attached hydrogen (secondary N) is 1. The Hall–Kier alpha value is -1.99. The van der Waals surface area contributed by atoms with Crippen molar-refractivity contribution in [3.8, 4) is 11.5 Å². The van der Waals surface area contributed by atoms with Gasteiger partial charge in [-0.2, -0.15) is 0 Å². The van der Waals surface area contributed by atoms with Crippen LogP contribution in [0.1, 0.15) is 36.0 Å². The van der Waals surface area contributed by atoms with Gasteiger partial charge in [0.15, 0.2) is 11.5 Å². The second kappa shape index (κ2) is 7.93. The molecule has 0 radical (unpaired) electrons. The highest BCUT2D eigenvalue weighted by Crippen LogP contribution is 2.40. The van der Waals surface area contributed by atoms with E-state index in [1.165, 1.54) is 0 Å². The molecule has 1 fully saturated rings. The standard InChI is InChI=1S/C17H22ClN3O4/c18-13-7-11(8-14-16(13)25-10-24-14)17(23)21-6-2-1-3-12(21)9-20-15(22)4-5-19/h7-8,12H,1-6,9-10,19H2,(H,20,22). The minimum atomic E-state index is -0.113. The van der Waals surface area contributed by atoms with Gasteiger partial charge in [-0.15, -0.1) is 0 Å². The lowest BCUT2D eigenvalue weighted by Gasteiger charge is -2.36. The summed E-state index contributed by atoms with van der Waals surface area (Å²) in [5, 5.41) is 3.22. The van der Waals surface area contributed by atoms with Crippen molar-refractivity contribution in [3.63, 3.8) is 0 Å². The number of benzene rings is 1. The smallest absolute Gasteiger partial charge is 0.254 e. The largest absolute Gasteiger partial charge is 0.454 e. The number of ether oxygens (including phenoxy) is 2. The summed E-state index contributed by atoms with van der Waals surface area (Å²) in [6.45, 7) is 1.51. The van der Waals surface area contributed by atoms with Crippen molar-refractivity contribution in [1.29, 1.82) is 0 Å². The molecule has 0 bridgehead atoms. The van der Waals surface area contributed by atoms with E-state index in [0.717, 1.165) is 19.3 Å². The van der Waals surface area contributed by atoms with Crippen LogP contribution in [-0.2, 0) is 4.79 Å². The van der Waals surface area contributed by atoms with Gasteiger partial charge in [-0.05, 0) is 31.4 Å². The molecule has 3 N–H and O–H groups in total. The number of carbonyl (C=O) groups is 2. The van der Waals surface area contributed by atoms with Crippen LogP contribution in [0.3, 0.4) is 0 Å². The fourth-order valence-electron chi connectivity index (χ4n) is 3.19. The molecule has 1 aromatic rings. The van der Waals surface area contributed by atoms with E-state index in [-0.39, 0.29) is 24.6 Å². The van der Waals surface area contributed by atoms with Crippen molar-refractivity contribution >= 4 is 23.4 Å². The van der Waals surface area contributed by atoms with Gasteiger partial charge in [-0.25, -0.2) is 0 Å². The Morgan fingerprint density at radius 1 is 1.32 bits per heavy atom. The van der Waals surface area contributed by atoms with Crippen LogP contribution in [0.15, 0.2) is 12.1 Å². The van der Waals surface area contributed by atoms with Gasteiger partial charge in [0.05, 0.1) is 5.02 Å². The lowest BCUT2D eigenvalue weighted by Crippen LogP contribution is -2.49. The van der Waals surface area contributed by atoms with Crippen molar-refractivity contribution in [1.82, 2.24) is 10.2 Å². The van der Waals surface area contributed by atoms with Crippen LogP contribution in [0, 0.1) is 0 Å². The zero-order valence-corrected chi connectivity index (χ0v) is 14.7. The summed E-state index contributed by atoms with van der Waals surface area (Å²) in [4.78, 5) is 26.4. The van der Waals surface area contributed by atoms with Crippen molar-refractivity contribution < 1.29 is 19.1 Å². The van der Waals surface area contributed by atoms with Crippen LogP contribution in [0.25, 0.3) is 0 Å². The molecule has 7 nitrogen and oxygen atoms in total. The quantitative estimate of drug-likeness (QED) is 0.823. The molecule has 2 heterocycles. The molecular weight excluding hydrogens is 346 g/mol. The second-order valence-electron chi connectivity index (χ2n) is 6.18. The lowest BCUT2D eigenvalue weighted by molar-refractivity contribution is -0.121. The first-order valence-electron chi connectivity index (χ1n) is 8.47. The Morgan fingerprint density at radius 3 is 2.96 bits per heavy atom. The zero-order chi connectivity index (χ0) is 17.8. The number of carbonyl (C=O) groups excluding carboxylic acids is 2. The monoisotopic (exact) mass is 367 g/mol. The van der Waals surface area contributed by atoms with Gasteiger partial charge in [0, 0.05) is 37.7 Å². The van der Waals surface area contributed by atoms with Gasteiger partial charge in [-0.3, -0.25) is 9.59 Å². The summed E-state index contributed by atoms with van der Waals surface area (Å²) in [6, 6.07) is 3.23. The molecule has 0 saturated carbocycles. The van der Waals surface area contributed by atoms with Crippen LogP contribution in [0.5, 0.6) is 11.5 Å². The summed E-state index contributed by atoms with van der Waals surface area (Å²) in [6.07, 6.45) is 3.12. The minimum Gasteiger partial charge on any atom is -0.454 e. The summed E-state index contributed by atoms with van der Waals surface area (Å²) in [7, 11) is 0. The molecule has 3 rings (SSSR count). The summed E-state index contributed by atoms with van der Waals surface area (Å²) in [5.41, 5.74) is 5.86. The number of rotatable bonds is 5. The molecule has 1 aromatic carbocycles. The number of piperidine rings is 1. The van der Waals surface area contributed by atoms with Gasteiger partial charge in [-0.1, -0.05) is 11.6 Å². The minimum absolute atomic E-state index is 0.0350. The maximum Gasteiger partial charge on any atom is 0.254 e. The predicted molar refractivity (Wildman–Crippen MR) is 92.9 cm³/mol. The maximum absolute atomic E-state index is 13.0. The molecule has 136 valence electrons. The van der Waals surface area contributed by atoms with Gasteiger partial charge >= 0.3 is 0 Å². The highest BCUT2D eigenvalue weighted by molar-refractivity contribution is 6.32. The SMILES string of the molecule is NCCC(=O)NCC1CCCCN1C(=O)c1cc(Cl)c2c(c1)OCO2. The highest BCUT2D eigenvalue weighted by atomic mass is 35.5. The Kier molecular flexibility index (Phi) is 5.65. The van der Waals surface area contributed by atoms with Gasteiger partial charge in [0.1, 0.15) is 0 Å². The number of likely N-dealkylation sites (tertiary alicyclic amines) is 1. The maximum atomic E-state index is 13.0. The Balaban J connectivity index is 1.72. The fraction of sp³-hybridized carbons (Fsp3) is 0.529. The lowest BCUT2D eigenvalue weighted by atomic mass is 10.0. The third-order valence-electron chi connectivity index (χ3n) is 4.47. The van der Waals surface area contributed by atoms with Crippen LogP contribution >= 0.6 is 11.6 Å². The van der Waals surface area contributed by atoms with Crippen molar-refractivity contribution in [2.75, 3.05) is 26.4 Å². The average molecular weight is 368 g/mol. The van der Waals surface area contributed by atoms with E-state index in [1.807, 2.05) is 0 Å². The van der Waals surface area contributed by atoms with Gasteiger partial charge in [0.2, 0.25) is 12.7 Å². The van der Waals surface area contributed by atoms with Crippen LogP contribution in [0.4, 0.5) is 0 Å². The molecule has 2 amide bonds. The first-order valence-corrected chi connectivity index (χ1v) is 8.85. The fourth-order valence-corrected chi connectivity index (χ4v) is 3.45. The van der Waals surface area contributed by atoms with Crippen LogP contribution < -0.4 is 20.5 Å². The van der Waals surface area contributed by atoms with Crippen LogP contribution in [-0.4, -0.2) is 49.2 Å². The summed E-state index contributed by atoms with van der Waals surface area (Å²) in [5.74, 6) is 0.757. The van der Waals surface area contributed by atoms with Crippen molar-refractivity contribution in [2.45, 2.75) is 31.7 Å². The molecule has 25 heavy (non-hydrogen) atoms.